The number of phenolic OH excluding ortho intramolecular Hbond substituents is 1. The van der Waals surface area contributed by atoms with E-state index < -0.39 is 12.1 Å². The molecule has 0 spiro atoms. The molecule has 0 amide bonds. The molecule has 0 atom stereocenters. The Hall–Kier alpha value is -1.95. The molecular formula is C13H12ClF2N3O. The fourth-order valence-corrected chi connectivity index (χ4v) is 1.89. The van der Waals surface area contributed by atoms with Crippen LogP contribution in [0.15, 0.2) is 30.6 Å². The summed E-state index contributed by atoms with van der Waals surface area (Å²) in [5.74, 6) is 0.387. The van der Waals surface area contributed by atoms with E-state index in [0.29, 0.717) is 13.0 Å². The Kier molecular flexibility index (Phi) is 4.68. The van der Waals surface area contributed by atoms with Crippen LogP contribution in [-0.2, 0) is 6.42 Å². The van der Waals surface area contributed by atoms with Crippen molar-refractivity contribution in [1.29, 1.82) is 0 Å². The van der Waals surface area contributed by atoms with Crippen molar-refractivity contribution in [2.75, 3.05) is 11.9 Å². The summed E-state index contributed by atoms with van der Waals surface area (Å²) in [6.45, 7) is 0.476. The second kappa shape index (κ2) is 6.47. The molecule has 20 heavy (non-hydrogen) atoms. The third kappa shape index (κ3) is 3.54. The smallest absolute Gasteiger partial charge is 0.282 e. The molecule has 0 saturated heterocycles. The molecule has 0 radical (unpaired) electrons. The second-order valence-electron chi connectivity index (χ2n) is 4.07. The zero-order chi connectivity index (χ0) is 14.5. The quantitative estimate of drug-likeness (QED) is 0.888. The van der Waals surface area contributed by atoms with Crippen LogP contribution in [0.1, 0.15) is 17.7 Å². The van der Waals surface area contributed by atoms with Crippen molar-refractivity contribution in [2.45, 2.75) is 12.8 Å². The number of phenols is 1. The molecule has 0 bridgehead atoms. The summed E-state index contributed by atoms with van der Waals surface area (Å²) >= 11 is 5.81. The number of rotatable bonds is 5. The first-order chi connectivity index (χ1) is 9.58. The minimum atomic E-state index is -2.73. The van der Waals surface area contributed by atoms with E-state index in [2.05, 4.69) is 15.3 Å². The van der Waals surface area contributed by atoms with Gasteiger partial charge in [-0.25, -0.2) is 18.7 Å². The standard InChI is InChI=1S/C13H12ClF2N3O/c14-10-11(12(15)16)18-7-19-13(10)17-6-5-8-1-3-9(20)4-2-8/h1-4,7,12,20H,5-6H2,(H,17,18,19). The summed E-state index contributed by atoms with van der Waals surface area (Å²) in [5.41, 5.74) is 0.517. The number of halogens is 3. The Balaban J connectivity index is 1.97. The molecular weight excluding hydrogens is 288 g/mol. The normalized spacial score (nSPS) is 10.8. The molecule has 0 saturated carbocycles. The van der Waals surface area contributed by atoms with Gasteiger partial charge in [-0.2, -0.15) is 0 Å². The van der Waals surface area contributed by atoms with Gasteiger partial charge in [0.05, 0.1) is 0 Å². The van der Waals surface area contributed by atoms with Crippen molar-refractivity contribution in [3.05, 3.63) is 46.9 Å². The topological polar surface area (TPSA) is 58.0 Å². The molecule has 2 rings (SSSR count). The predicted octanol–water partition coefficient (Wildman–Crippen LogP) is 3.43. The fourth-order valence-electron chi connectivity index (χ4n) is 1.65. The number of anilines is 1. The van der Waals surface area contributed by atoms with Gasteiger partial charge >= 0.3 is 0 Å². The van der Waals surface area contributed by atoms with Crippen molar-refractivity contribution in [3.63, 3.8) is 0 Å². The molecule has 2 aromatic rings. The minimum absolute atomic E-state index is 0.159. The number of nitrogens with one attached hydrogen (secondary N) is 1. The van der Waals surface area contributed by atoms with E-state index in [9.17, 15) is 8.78 Å². The van der Waals surface area contributed by atoms with Crippen LogP contribution in [0.2, 0.25) is 5.02 Å². The Morgan fingerprint density at radius 3 is 2.55 bits per heavy atom. The van der Waals surface area contributed by atoms with Crippen molar-refractivity contribution >= 4 is 17.4 Å². The highest BCUT2D eigenvalue weighted by molar-refractivity contribution is 6.33. The average molecular weight is 300 g/mol. The van der Waals surface area contributed by atoms with E-state index >= 15 is 0 Å². The highest BCUT2D eigenvalue weighted by Gasteiger charge is 2.17. The van der Waals surface area contributed by atoms with E-state index in [1.54, 1.807) is 24.3 Å². The summed E-state index contributed by atoms with van der Waals surface area (Å²) in [6.07, 6.45) is -1.04. The van der Waals surface area contributed by atoms with Crippen molar-refractivity contribution < 1.29 is 13.9 Å². The van der Waals surface area contributed by atoms with Crippen LogP contribution < -0.4 is 5.32 Å². The molecule has 0 aliphatic carbocycles. The third-order valence-electron chi connectivity index (χ3n) is 2.67. The average Bonchev–Trinajstić information content (AvgIpc) is 2.42. The lowest BCUT2D eigenvalue weighted by Gasteiger charge is -2.09. The van der Waals surface area contributed by atoms with Gasteiger partial charge in [0.2, 0.25) is 0 Å². The molecule has 1 aromatic heterocycles. The van der Waals surface area contributed by atoms with Gasteiger partial charge in [0, 0.05) is 6.54 Å². The van der Waals surface area contributed by atoms with Crippen LogP contribution in [0.3, 0.4) is 0 Å². The number of aromatic nitrogens is 2. The van der Waals surface area contributed by atoms with Crippen molar-refractivity contribution in [2.24, 2.45) is 0 Å². The maximum Gasteiger partial charge on any atom is 0.282 e. The summed E-state index contributed by atoms with van der Waals surface area (Å²) in [7, 11) is 0. The maximum absolute atomic E-state index is 12.6. The Morgan fingerprint density at radius 1 is 1.20 bits per heavy atom. The lowest BCUT2D eigenvalue weighted by Crippen LogP contribution is -2.08. The molecule has 1 heterocycles. The zero-order valence-corrected chi connectivity index (χ0v) is 11.1. The van der Waals surface area contributed by atoms with E-state index in [4.69, 9.17) is 16.7 Å². The van der Waals surface area contributed by atoms with Gasteiger partial charge < -0.3 is 10.4 Å². The zero-order valence-electron chi connectivity index (χ0n) is 10.4. The van der Waals surface area contributed by atoms with Gasteiger partial charge in [0.25, 0.3) is 6.43 Å². The van der Waals surface area contributed by atoms with Gasteiger partial charge in [0.15, 0.2) is 0 Å². The second-order valence-corrected chi connectivity index (χ2v) is 4.44. The molecule has 1 aromatic carbocycles. The number of benzene rings is 1. The van der Waals surface area contributed by atoms with Crippen LogP contribution >= 0.6 is 11.6 Å². The van der Waals surface area contributed by atoms with E-state index in [1.165, 1.54) is 0 Å². The molecule has 4 nitrogen and oxygen atoms in total. The first kappa shape index (κ1) is 14.5. The lowest BCUT2D eigenvalue weighted by molar-refractivity contribution is 0.146. The first-order valence-corrected chi connectivity index (χ1v) is 6.26. The van der Waals surface area contributed by atoms with Crippen LogP contribution in [0.25, 0.3) is 0 Å². The Labute approximate surface area is 119 Å². The summed E-state index contributed by atoms with van der Waals surface area (Å²) in [6, 6.07) is 6.73. The van der Waals surface area contributed by atoms with Gasteiger partial charge in [0.1, 0.15) is 28.6 Å². The van der Waals surface area contributed by atoms with Gasteiger partial charge in [-0.3, -0.25) is 0 Å². The highest BCUT2D eigenvalue weighted by Crippen LogP contribution is 2.29. The summed E-state index contributed by atoms with van der Waals surface area (Å²) < 4.78 is 25.2. The van der Waals surface area contributed by atoms with Crippen molar-refractivity contribution in [3.8, 4) is 5.75 Å². The molecule has 0 unspecified atom stereocenters. The maximum atomic E-state index is 12.6. The third-order valence-corrected chi connectivity index (χ3v) is 3.04. The molecule has 0 fully saturated rings. The van der Waals surface area contributed by atoms with Gasteiger partial charge in [-0.15, -0.1) is 0 Å². The van der Waals surface area contributed by atoms with Gasteiger partial charge in [-0.05, 0) is 24.1 Å². The highest BCUT2D eigenvalue weighted by atomic mass is 35.5. The number of hydrogen-bond donors (Lipinski definition) is 2. The SMILES string of the molecule is Oc1ccc(CCNc2ncnc(C(F)F)c2Cl)cc1. The molecule has 2 N–H and O–H groups in total. The van der Waals surface area contributed by atoms with E-state index in [-0.39, 0.29) is 16.6 Å². The molecule has 7 heteroatoms. The molecule has 0 aliphatic heterocycles. The van der Waals surface area contributed by atoms with Crippen LogP contribution in [0, 0.1) is 0 Å². The monoisotopic (exact) mass is 299 g/mol. The number of aromatic hydroxyl groups is 1. The summed E-state index contributed by atoms with van der Waals surface area (Å²) in [5, 5.41) is 11.9. The van der Waals surface area contributed by atoms with Crippen LogP contribution in [-0.4, -0.2) is 21.6 Å². The number of nitrogens with zero attached hydrogens (tertiary/aromatic N) is 2. The summed E-state index contributed by atoms with van der Waals surface area (Å²) in [4.78, 5) is 7.29. The lowest BCUT2D eigenvalue weighted by atomic mass is 10.1. The fraction of sp³-hybridized carbons (Fsp3) is 0.231. The van der Waals surface area contributed by atoms with E-state index in [0.717, 1.165) is 11.9 Å². The number of hydrogen-bond acceptors (Lipinski definition) is 4. The minimum Gasteiger partial charge on any atom is -0.508 e. The largest absolute Gasteiger partial charge is 0.508 e. The Bertz CT molecular complexity index is 578. The Morgan fingerprint density at radius 2 is 1.90 bits per heavy atom. The predicted molar refractivity (Wildman–Crippen MR) is 72.3 cm³/mol. The first-order valence-electron chi connectivity index (χ1n) is 5.88. The van der Waals surface area contributed by atoms with E-state index in [1.807, 2.05) is 0 Å². The van der Waals surface area contributed by atoms with Crippen LogP contribution in [0.4, 0.5) is 14.6 Å². The van der Waals surface area contributed by atoms with Gasteiger partial charge in [-0.1, -0.05) is 23.7 Å². The molecule has 0 aliphatic rings. The molecule has 106 valence electrons. The van der Waals surface area contributed by atoms with Crippen molar-refractivity contribution in [1.82, 2.24) is 9.97 Å². The number of alkyl halides is 2. The van der Waals surface area contributed by atoms with Crippen LogP contribution in [0.5, 0.6) is 5.75 Å².